The first-order valence-corrected chi connectivity index (χ1v) is 6.81. The maximum Gasteiger partial charge on any atom is 0.334 e. The Morgan fingerprint density at radius 1 is 1.45 bits per heavy atom. The molecule has 0 spiro atoms. The van der Waals surface area contributed by atoms with E-state index in [4.69, 9.17) is 9.47 Å². The maximum atomic E-state index is 12.4. The number of carbonyl (C=O) groups excluding carboxylic acids is 2. The zero-order chi connectivity index (χ0) is 14.7. The molecule has 3 rings (SSSR count). The summed E-state index contributed by atoms with van der Waals surface area (Å²) in [6.45, 7) is 7.13. The molecule has 0 aromatic heterocycles. The van der Waals surface area contributed by atoms with Crippen molar-refractivity contribution in [2.45, 2.75) is 50.6 Å². The minimum atomic E-state index is -0.974. The summed E-state index contributed by atoms with van der Waals surface area (Å²) >= 11 is 0. The molecule has 5 heteroatoms. The Morgan fingerprint density at radius 2 is 2.15 bits per heavy atom. The highest BCUT2D eigenvalue weighted by Crippen LogP contribution is 2.41. The van der Waals surface area contributed by atoms with E-state index < -0.39 is 17.7 Å². The van der Waals surface area contributed by atoms with Crippen LogP contribution in [0.1, 0.15) is 26.7 Å². The molecule has 5 nitrogen and oxygen atoms in total. The van der Waals surface area contributed by atoms with Gasteiger partial charge in [-0.2, -0.15) is 0 Å². The topological polar surface area (TPSA) is 76.1 Å². The van der Waals surface area contributed by atoms with Crippen LogP contribution in [-0.2, 0) is 19.1 Å². The van der Waals surface area contributed by atoms with Crippen LogP contribution in [0.15, 0.2) is 23.8 Å². The number of Topliss-reactive ketones (excluding diaryl/α,β-unsaturated/α-hetero) is 1. The molecule has 0 amide bonds. The van der Waals surface area contributed by atoms with Crippen molar-refractivity contribution >= 4 is 11.8 Å². The van der Waals surface area contributed by atoms with Crippen molar-refractivity contribution in [3.63, 3.8) is 0 Å². The van der Waals surface area contributed by atoms with Crippen LogP contribution >= 0.6 is 0 Å². The van der Waals surface area contributed by atoms with Gasteiger partial charge in [0.25, 0.3) is 0 Å². The molecule has 5 unspecified atom stereocenters. The highest BCUT2D eigenvalue weighted by molar-refractivity contribution is 6.04. The summed E-state index contributed by atoms with van der Waals surface area (Å²) in [7, 11) is 0. The lowest BCUT2D eigenvalue weighted by molar-refractivity contribution is -0.145. The lowest BCUT2D eigenvalue weighted by Crippen LogP contribution is -2.36. The first-order valence-electron chi connectivity index (χ1n) is 6.81. The number of carbonyl (C=O) groups is 2. The second kappa shape index (κ2) is 4.27. The van der Waals surface area contributed by atoms with Crippen molar-refractivity contribution in [1.82, 2.24) is 0 Å². The van der Waals surface area contributed by atoms with Gasteiger partial charge in [0.05, 0.1) is 5.60 Å². The monoisotopic (exact) mass is 278 g/mol. The summed E-state index contributed by atoms with van der Waals surface area (Å²) in [6, 6.07) is 0. The van der Waals surface area contributed by atoms with Crippen molar-refractivity contribution in [3.8, 4) is 0 Å². The molecule has 2 saturated heterocycles. The standard InChI is InChI=1S/C15H18O5/c1-7-6-10-13(19-10)15(3,18)5-4-9-8(2)14(17)20-12(9)11(7)16/h6,9-10,12-13,18H,2,4-5H2,1,3H3. The summed E-state index contributed by atoms with van der Waals surface area (Å²) in [5, 5.41) is 10.4. The summed E-state index contributed by atoms with van der Waals surface area (Å²) in [5.74, 6) is -1.07. The Bertz CT molecular complexity index is 530. The molecule has 2 aliphatic heterocycles. The molecule has 2 heterocycles. The number of aliphatic hydroxyl groups is 1. The van der Waals surface area contributed by atoms with Crippen molar-refractivity contribution in [3.05, 3.63) is 23.8 Å². The number of ketones is 1. The molecular formula is C15H18O5. The number of epoxide rings is 1. The molecular weight excluding hydrogens is 260 g/mol. The number of fused-ring (bicyclic) bond motifs is 2. The fraction of sp³-hybridized carbons (Fsp3) is 0.600. The Balaban J connectivity index is 1.95. The number of hydrogen-bond acceptors (Lipinski definition) is 5. The van der Waals surface area contributed by atoms with E-state index in [2.05, 4.69) is 6.58 Å². The summed E-state index contributed by atoms with van der Waals surface area (Å²) in [4.78, 5) is 24.0. The second-order valence-corrected chi connectivity index (χ2v) is 6.09. The van der Waals surface area contributed by atoms with E-state index in [0.717, 1.165) is 0 Å². The van der Waals surface area contributed by atoms with E-state index in [9.17, 15) is 14.7 Å². The largest absolute Gasteiger partial charge is 0.450 e. The normalized spacial score (nSPS) is 44.4. The third-order valence-corrected chi connectivity index (χ3v) is 4.47. The van der Waals surface area contributed by atoms with Gasteiger partial charge >= 0.3 is 5.97 Å². The maximum absolute atomic E-state index is 12.4. The van der Waals surface area contributed by atoms with Gasteiger partial charge in [-0.25, -0.2) is 4.79 Å². The molecule has 5 atom stereocenters. The fourth-order valence-corrected chi connectivity index (χ4v) is 3.06. The summed E-state index contributed by atoms with van der Waals surface area (Å²) in [5.41, 5.74) is -0.147. The Hall–Kier alpha value is -1.46. The zero-order valence-electron chi connectivity index (χ0n) is 11.6. The number of esters is 1. The number of hydrogen-bond donors (Lipinski definition) is 1. The first kappa shape index (κ1) is 13.5. The van der Waals surface area contributed by atoms with Gasteiger partial charge in [-0.15, -0.1) is 0 Å². The Kier molecular flexibility index (Phi) is 2.88. The molecule has 1 aliphatic carbocycles. The van der Waals surface area contributed by atoms with E-state index in [1.165, 1.54) is 0 Å². The van der Waals surface area contributed by atoms with Crippen LogP contribution in [0.4, 0.5) is 0 Å². The van der Waals surface area contributed by atoms with Gasteiger partial charge in [-0.05, 0) is 38.3 Å². The van der Waals surface area contributed by atoms with Gasteiger partial charge in [0.1, 0.15) is 12.2 Å². The highest BCUT2D eigenvalue weighted by atomic mass is 16.6. The first-order chi connectivity index (χ1) is 9.31. The lowest BCUT2D eigenvalue weighted by Gasteiger charge is -2.25. The van der Waals surface area contributed by atoms with Crippen LogP contribution in [-0.4, -0.2) is 40.8 Å². The molecule has 2 fully saturated rings. The average Bonchev–Trinajstić information content (AvgIpc) is 3.09. The molecule has 0 aromatic carbocycles. The SMILES string of the molecule is C=C1C(=O)OC2C(=O)C(C)=CC3OC3C(C)(O)CCC12. The Morgan fingerprint density at radius 3 is 2.85 bits per heavy atom. The van der Waals surface area contributed by atoms with E-state index in [1.807, 2.05) is 0 Å². The van der Waals surface area contributed by atoms with Crippen LogP contribution in [0.5, 0.6) is 0 Å². The minimum Gasteiger partial charge on any atom is -0.450 e. The molecule has 0 aromatic rings. The van der Waals surface area contributed by atoms with Crippen molar-refractivity contribution in [1.29, 1.82) is 0 Å². The molecule has 0 radical (unpaired) electrons. The Labute approximate surface area is 117 Å². The zero-order valence-corrected chi connectivity index (χ0v) is 11.6. The molecule has 0 saturated carbocycles. The van der Waals surface area contributed by atoms with E-state index >= 15 is 0 Å². The van der Waals surface area contributed by atoms with Crippen LogP contribution in [0.25, 0.3) is 0 Å². The third kappa shape index (κ3) is 2.01. The van der Waals surface area contributed by atoms with Gasteiger partial charge in [-0.1, -0.05) is 6.58 Å². The third-order valence-electron chi connectivity index (χ3n) is 4.47. The quantitative estimate of drug-likeness (QED) is 0.405. The molecule has 20 heavy (non-hydrogen) atoms. The van der Waals surface area contributed by atoms with Crippen LogP contribution in [0.2, 0.25) is 0 Å². The summed E-state index contributed by atoms with van der Waals surface area (Å²) < 4.78 is 10.6. The van der Waals surface area contributed by atoms with Gasteiger partial charge in [0.2, 0.25) is 0 Å². The molecule has 3 aliphatic rings. The van der Waals surface area contributed by atoms with Gasteiger partial charge < -0.3 is 14.6 Å². The highest BCUT2D eigenvalue weighted by Gasteiger charge is 2.53. The molecule has 0 bridgehead atoms. The van der Waals surface area contributed by atoms with Gasteiger partial charge in [-0.3, -0.25) is 4.79 Å². The number of rotatable bonds is 0. The van der Waals surface area contributed by atoms with Crippen molar-refractivity contribution in [2.24, 2.45) is 5.92 Å². The fourth-order valence-electron chi connectivity index (χ4n) is 3.06. The lowest BCUT2D eigenvalue weighted by atomic mass is 9.82. The van der Waals surface area contributed by atoms with Crippen LogP contribution in [0.3, 0.4) is 0 Å². The van der Waals surface area contributed by atoms with Crippen LogP contribution in [0, 0.1) is 5.92 Å². The van der Waals surface area contributed by atoms with E-state index in [0.29, 0.717) is 24.0 Å². The molecule has 108 valence electrons. The van der Waals surface area contributed by atoms with Crippen LogP contribution < -0.4 is 0 Å². The van der Waals surface area contributed by atoms with E-state index in [-0.39, 0.29) is 23.9 Å². The smallest absolute Gasteiger partial charge is 0.334 e. The average molecular weight is 278 g/mol. The second-order valence-electron chi connectivity index (χ2n) is 6.09. The molecule has 1 N–H and O–H groups in total. The number of ether oxygens (including phenoxy) is 2. The summed E-state index contributed by atoms with van der Waals surface area (Å²) in [6.07, 6.45) is 1.30. The predicted octanol–water partition coefficient (Wildman–Crippen LogP) is 0.912. The predicted molar refractivity (Wildman–Crippen MR) is 69.8 cm³/mol. The van der Waals surface area contributed by atoms with E-state index in [1.54, 1.807) is 19.9 Å². The van der Waals surface area contributed by atoms with Crippen molar-refractivity contribution < 1.29 is 24.2 Å². The minimum absolute atomic E-state index is 0.196. The van der Waals surface area contributed by atoms with Gasteiger partial charge in [0.15, 0.2) is 11.9 Å². The van der Waals surface area contributed by atoms with Crippen molar-refractivity contribution in [2.75, 3.05) is 0 Å². The van der Waals surface area contributed by atoms with Gasteiger partial charge in [0, 0.05) is 11.5 Å².